The van der Waals surface area contributed by atoms with E-state index in [9.17, 15) is 22.8 Å². The molecule has 1 aliphatic rings. The molecular weight excluding hydrogens is 373 g/mol. The molecule has 1 fully saturated rings. The Morgan fingerprint density at radius 2 is 1.75 bits per heavy atom. The molecule has 1 aromatic rings. The largest absolute Gasteiger partial charge is 0.375 e. The van der Waals surface area contributed by atoms with Crippen LogP contribution in [0.3, 0.4) is 0 Å². The summed E-state index contributed by atoms with van der Waals surface area (Å²) in [6.45, 7) is 9.98. The van der Waals surface area contributed by atoms with Crippen LogP contribution in [0.2, 0.25) is 0 Å². The zero-order valence-electron chi connectivity index (χ0n) is 16.8. The van der Waals surface area contributed by atoms with Crippen molar-refractivity contribution in [1.82, 2.24) is 10.6 Å². The van der Waals surface area contributed by atoms with E-state index in [0.29, 0.717) is 25.2 Å². The minimum atomic E-state index is -1.36. The van der Waals surface area contributed by atoms with Crippen molar-refractivity contribution in [1.29, 1.82) is 0 Å². The number of rotatable bonds is 5. The molecule has 0 bridgehead atoms. The van der Waals surface area contributed by atoms with Crippen LogP contribution >= 0.6 is 0 Å². The first-order valence-electron chi connectivity index (χ1n) is 9.19. The Hall–Kier alpha value is -2.09. The molecule has 28 heavy (non-hydrogen) atoms. The third-order valence-electron chi connectivity index (χ3n) is 5.00. The van der Waals surface area contributed by atoms with Gasteiger partial charge in [0.2, 0.25) is 5.91 Å². The second-order valence-corrected chi connectivity index (χ2v) is 8.66. The quantitative estimate of drug-likeness (QED) is 0.746. The molecule has 0 aliphatic carbocycles. The minimum Gasteiger partial charge on any atom is -0.375 e. The molecule has 0 aromatic heterocycles. The molecule has 2 N–H and O–H groups in total. The van der Waals surface area contributed by atoms with Crippen molar-refractivity contribution >= 4 is 11.8 Å². The van der Waals surface area contributed by atoms with Crippen molar-refractivity contribution in [2.24, 2.45) is 11.3 Å². The fourth-order valence-corrected chi connectivity index (χ4v) is 3.18. The number of nitrogens with one attached hydrogen (secondary N) is 2. The van der Waals surface area contributed by atoms with Crippen LogP contribution in [0.25, 0.3) is 0 Å². The molecule has 2 atom stereocenters. The SMILES string of the molecule is C[C@H](CNC(=O)[C@H]1CC(C)(C)OCC1(C)C)NC(=O)c1cc(F)c(F)cc1F. The molecule has 0 spiro atoms. The zero-order chi connectivity index (χ0) is 21.3. The molecule has 2 rings (SSSR count). The Bertz CT molecular complexity index is 765. The number of benzene rings is 1. The Balaban J connectivity index is 1.94. The standard InChI is InChI=1S/C20H27F3N2O3/c1-11(25-17(26)12-6-15(22)16(23)7-14(12)21)9-24-18(27)13-8-20(4,5)28-10-19(13,2)3/h6-7,11,13H,8-10H2,1-5H3,(H,24,27)(H,25,26)/t11-,13-/m1/s1. The summed E-state index contributed by atoms with van der Waals surface area (Å²) in [5.74, 6) is -5.12. The van der Waals surface area contributed by atoms with Crippen LogP contribution in [0.5, 0.6) is 0 Å². The van der Waals surface area contributed by atoms with E-state index in [2.05, 4.69) is 10.6 Å². The number of halogens is 3. The normalized spacial score (nSPS) is 21.6. The smallest absolute Gasteiger partial charge is 0.254 e. The van der Waals surface area contributed by atoms with E-state index in [1.54, 1.807) is 6.92 Å². The lowest BCUT2D eigenvalue weighted by Crippen LogP contribution is -2.52. The van der Waals surface area contributed by atoms with Gasteiger partial charge in [-0.05, 0) is 38.7 Å². The first-order chi connectivity index (χ1) is 12.8. The highest BCUT2D eigenvalue weighted by Gasteiger charge is 2.44. The van der Waals surface area contributed by atoms with Gasteiger partial charge in [0, 0.05) is 24.6 Å². The summed E-state index contributed by atoms with van der Waals surface area (Å²) in [6, 6.07) is 0.295. The van der Waals surface area contributed by atoms with Gasteiger partial charge in [0.1, 0.15) is 5.82 Å². The number of carbonyl (C=O) groups is 2. The van der Waals surface area contributed by atoms with E-state index in [0.717, 1.165) is 0 Å². The van der Waals surface area contributed by atoms with E-state index in [1.807, 2.05) is 27.7 Å². The summed E-state index contributed by atoms with van der Waals surface area (Å²) in [5, 5.41) is 5.27. The van der Waals surface area contributed by atoms with Gasteiger partial charge < -0.3 is 15.4 Å². The zero-order valence-corrected chi connectivity index (χ0v) is 16.8. The second kappa shape index (κ2) is 8.11. The number of carbonyl (C=O) groups excluding carboxylic acids is 2. The van der Waals surface area contributed by atoms with Crippen LogP contribution in [-0.4, -0.2) is 36.6 Å². The molecule has 1 heterocycles. The number of amides is 2. The van der Waals surface area contributed by atoms with Crippen LogP contribution in [0.15, 0.2) is 12.1 Å². The Morgan fingerprint density at radius 3 is 2.39 bits per heavy atom. The summed E-state index contributed by atoms with van der Waals surface area (Å²) < 4.78 is 45.7. The monoisotopic (exact) mass is 400 g/mol. The van der Waals surface area contributed by atoms with E-state index in [4.69, 9.17) is 4.74 Å². The highest BCUT2D eigenvalue weighted by molar-refractivity contribution is 5.94. The van der Waals surface area contributed by atoms with Crippen molar-refractivity contribution in [2.45, 2.75) is 52.7 Å². The summed E-state index contributed by atoms with van der Waals surface area (Å²) >= 11 is 0. The predicted molar refractivity (Wildman–Crippen MR) is 98.2 cm³/mol. The predicted octanol–water partition coefficient (Wildman–Crippen LogP) is 3.18. The van der Waals surface area contributed by atoms with E-state index in [-0.39, 0.29) is 23.8 Å². The van der Waals surface area contributed by atoms with Crippen molar-refractivity contribution in [3.05, 3.63) is 35.1 Å². The first-order valence-corrected chi connectivity index (χ1v) is 9.19. The summed E-state index contributed by atoms with van der Waals surface area (Å²) in [7, 11) is 0. The van der Waals surface area contributed by atoms with Crippen LogP contribution in [0, 0.1) is 28.8 Å². The van der Waals surface area contributed by atoms with Gasteiger partial charge in [-0.2, -0.15) is 0 Å². The van der Waals surface area contributed by atoms with Crippen molar-refractivity contribution < 1.29 is 27.5 Å². The Kier molecular flexibility index (Phi) is 6.43. The van der Waals surface area contributed by atoms with Gasteiger partial charge in [0.25, 0.3) is 5.91 Å². The minimum absolute atomic E-state index is 0.115. The maximum atomic E-state index is 13.7. The average molecular weight is 400 g/mol. The lowest BCUT2D eigenvalue weighted by molar-refractivity contribution is -0.157. The summed E-state index contributed by atoms with van der Waals surface area (Å²) in [6.07, 6.45) is 0.562. The highest BCUT2D eigenvalue weighted by atomic mass is 19.2. The molecule has 1 saturated heterocycles. The van der Waals surface area contributed by atoms with Crippen molar-refractivity contribution in [3.63, 3.8) is 0 Å². The van der Waals surface area contributed by atoms with Crippen molar-refractivity contribution in [2.75, 3.05) is 13.2 Å². The van der Waals surface area contributed by atoms with Crippen LogP contribution < -0.4 is 10.6 Å². The molecule has 0 saturated carbocycles. The van der Waals surface area contributed by atoms with Gasteiger partial charge >= 0.3 is 0 Å². The molecule has 5 nitrogen and oxygen atoms in total. The molecular formula is C20H27F3N2O3. The van der Waals surface area contributed by atoms with Crippen LogP contribution in [-0.2, 0) is 9.53 Å². The number of ether oxygens (including phenoxy) is 1. The van der Waals surface area contributed by atoms with Crippen LogP contribution in [0.4, 0.5) is 13.2 Å². The highest BCUT2D eigenvalue weighted by Crippen LogP contribution is 2.40. The summed E-state index contributed by atoms with van der Waals surface area (Å²) in [4.78, 5) is 24.8. The maximum absolute atomic E-state index is 13.7. The molecule has 8 heteroatoms. The van der Waals surface area contributed by atoms with Gasteiger partial charge in [0.05, 0.1) is 17.8 Å². The Morgan fingerprint density at radius 1 is 1.14 bits per heavy atom. The molecule has 0 radical (unpaired) electrons. The van der Waals surface area contributed by atoms with Gasteiger partial charge in [-0.1, -0.05) is 13.8 Å². The Labute approximate surface area is 163 Å². The van der Waals surface area contributed by atoms with Crippen molar-refractivity contribution in [3.8, 4) is 0 Å². The van der Waals surface area contributed by atoms with E-state index in [1.165, 1.54) is 0 Å². The first kappa shape index (κ1) is 22.2. The molecule has 156 valence electrons. The third-order valence-corrected chi connectivity index (χ3v) is 5.00. The molecule has 1 aliphatic heterocycles. The van der Waals surface area contributed by atoms with Crippen LogP contribution in [0.1, 0.15) is 51.4 Å². The fraction of sp³-hybridized carbons (Fsp3) is 0.600. The maximum Gasteiger partial charge on any atom is 0.254 e. The van der Waals surface area contributed by atoms with Gasteiger partial charge in [-0.25, -0.2) is 13.2 Å². The molecule has 2 amide bonds. The van der Waals surface area contributed by atoms with Gasteiger partial charge in [-0.15, -0.1) is 0 Å². The third kappa shape index (κ3) is 5.25. The second-order valence-electron chi connectivity index (χ2n) is 8.66. The van der Waals surface area contributed by atoms with E-state index >= 15 is 0 Å². The van der Waals surface area contributed by atoms with Gasteiger partial charge in [0.15, 0.2) is 11.6 Å². The van der Waals surface area contributed by atoms with E-state index < -0.39 is 40.6 Å². The molecule has 0 unspecified atom stereocenters. The summed E-state index contributed by atoms with van der Waals surface area (Å²) in [5.41, 5.74) is -1.33. The van der Waals surface area contributed by atoms with Gasteiger partial charge in [-0.3, -0.25) is 9.59 Å². The fourth-order valence-electron chi connectivity index (χ4n) is 3.18. The molecule has 1 aromatic carbocycles. The number of hydrogen-bond donors (Lipinski definition) is 2. The lowest BCUT2D eigenvalue weighted by Gasteiger charge is -2.45. The number of hydrogen-bond acceptors (Lipinski definition) is 3. The lowest BCUT2D eigenvalue weighted by atomic mass is 9.71. The topological polar surface area (TPSA) is 67.4 Å². The average Bonchev–Trinajstić information content (AvgIpc) is 2.58.